The summed E-state index contributed by atoms with van der Waals surface area (Å²) in [6, 6.07) is 80.5. The third-order valence-corrected chi connectivity index (χ3v) is 13.5. The summed E-state index contributed by atoms with van der Waals surface area (Å²) in [4.78, 5) is 15.5. The second-order valence-electron chi connectivity index (χ2n) is 17.5. The molecule has 0 saturated heterocycles. The molecule has 0 N–H and O–H groups in total. The normalized spacial score (nSPS) is 11.8. The van der Waals surface area contributed by atoms with Crippen molar-refractivity contribution in [3.05, 3.63) is 231 Å². The predicted molar refractivity (Wildman–Crippen MR) is 281 cm³/mol. The minimum atomic E-state index is 0.550. The van der Waals surface area contributed by atoms with Crippen molar-refractivity contribution in [2.24, 2.45) is 0 Å². The van der Waals surface area contributed by atoms with E-state index in [1.807, 2.05) is 54.6 Å². The maximum atomic E-state index is 6.61. The number of benzene rings is 10. The zero-order valence-corrected chi connectivity index (χ0v) is 37.0. The van der Waals surface area contributed by atoms with Gasteiger partial charge in [0.15, 0.2) is 17.5 Å². The third kappa shape index (κ3) is 6.45. The Morgan fingerprint density at radius 1 is 0.275 bits per heavy atom. The Balaban J connectivity index is 0.900. The fourth-order valence-electron chi connectivity index (χ4n) is 10.2. The van der Waals surface area contributed by atoms with Gasteiger partial charge < -0.3 is 13.4 Å². The molecule has 0 radical (unpaired) electrons. The minimum Gasteiger partial charge on any atom is -0.456 e. The average Bonchev–Trinajstić information content (AvgIpc) is 4.10. The number of furan rings is 2. The maximum Gasteiger partial charge on any atom is 0.164 e. The van der Waals surface area contributed by atoms with Crippen LogP contribution in [0.2, 0.25) is 0 Å². The Kier molecular flexibility index (Phi) is 8.79. The molecule has 0 spiro atoms. The van der Waals surface area contributed by atoms with Crippen LogP contribution in [0.25, 0.3) is 139 Å². The monoisotopic (exact) mass is 882 g/mol. The van der Waals surface area contributed by atoms with Gasteiger partial charge in [-0.2, -0.15) is 0 Å². The Labute approximate surface area is 396 Å². The predicted octanol–water partition coefficient (Wildman–Crippen LogP) is 16.8. The van der Waals surface area contributed by atoms with Gasteiger partial charge in [0.1, 0.15) is 22.3 Å². The summed E-state index contributed by atoms with van der Waals surface area (Å²) in [5.74, 6) is 1.68. The van der Waals surface area contributed by atoms with E-state index in [4.69, 9.17) is 23.8 Å². The van der Waals surface area contributed by atoms with Crippen LogP contribution in [-0.4, -0.2) is 19.5 Å². The zero-order chi connectivity index (χ0) is 45.4. The van der Waals surface area contributed by atoms with Crippen LogP contribution in [0.4, 0.5) is 0 Å². The van der Waals surface area contributed by atoms with Gasteiger partial charge >= 0.3 is 0 Å². The van der Waals surface area contributed by atoms with E-state index in [2.05, 4.69) is 180 Å². The first-order valence-corrected chi connectivity index (χ1v) is 23.2. The van der Waals surface area contributed by atoms with Gasteiger partial charge in [0.05, 0.1) is 11.0 Å². The van der Waals surface area contributed by atoms with Crippen LogP contribution in [0.3, 0.4) is 0 Å². The molecule has 0 fully saturated rings. The highest BCUT2D eigenvalue weighted by Gasteiger charge is 2.21. The smallest absolute Gasteiger partial charge is 0.164 e. The van der Waals surface area contributed by atoms with E-state index < -0.39 is 0 Å². The van der Waals surface area contributed by atoms with E-state index in [0.717, 1.165) is 99.6 Å². The first-order valence-electron chi connectivity index (χ1n) is 23.2. The lowest BCUT2D eigenvalue weighted by atomic mass is 9.92. The molecule has 0 amide bonds. The Morgan fingerprint density at radius 2 is 0.826 bits per heavy atom. The Hall–Kier alpha value is -9.39. The van der Waals surface area contributed by atoms with Gasteiger partial charge in [-0.15, -0.1) is 0 Å². The van der Waals surface area contributed by atoms with Crippen molar-refractivity contribution in [2.45, 2.75) is 0 Å². The lowest BCUT2D eigenvalue weighted by Crippen LogP contribution is -2.00. The van der Waals surface area contributed by atoms with Crippen molar-refractivity contribution in [3.8, 4) is 73.2 Å². The van der Waals surface area contributed by atoms with Crippen LogP contribution >= 0.6 is 0 Å². The van der Waals surface area contributed by atoms with E-state index >= 15 is 0 Å². The SMILES string of the molecule is c1ccc(-c2ccc3oc4cc(-c5nc(-c6ccccc6)nc(-c6cccc7oc8ccc(-c9ccccc9-c9ccc%10c(c9)c9ccccc9n%10-c9ccccc9)cc8c67)n5)ccc4c3c2)cc1. The van der Waals surface area contributed by atoms with Crippen molar-refractivity contribution in [3.63, 3.8) is 0 Å². The Bertz CT molecular complexity index is 4300. The van der Waals surface area contributed by atoms with Gasteiger partial charge in [0.25, 0.3) is 0 Å². The molecule has 6 heteroatoms. The van der Waals surface area contributed by atoms with E-state index in [9.17, 15) is 0 Å². The number of hydrogen-bond acceptors (Lipinski definition) is 5. The van der Waals surface area contributed by atoms with Gasteiger partial charge in [-0.3, -0.25) is 0 Å². The molecule has 0 unspecified atom stereocenters. The largest absolute Gasteiger partial charge is 0.456 e. The zero-order valence-electron chi connectivity index (χ0n) is 37.0. The highest BCUT2D eigenvalue weighted by Crippen LogP contribution is 2.42. The number of para-hydroxylation sites is 2. The summed E-state index contributed by atoms with van der Waals surface area (Å²) in [5, 5.41) is 6.46. The maximum absolute atomic E-state index is 6.61. The van der Waals surface area contributed by atoms with Crippen molar-refractivity contribution >= 4 is 65.7 Å². The molecule has 0 saturated carbocycles. The molecule has 0 aliphatic carbocycles. The highest BCUT2D eigenvalue weighted by atomic mass is 16.3. The summed E-state index contributed by atoms with van der Waals surface area (Å²) in [5.41, 5.74) is 16.0. The van der Waals surface area contributed by atoms with Gasteiger partial charge in [0, 0.05) is 54.7 Å². The average molecular weight is 883 g/mol. The molecule has 69 heavy (non-hydrogen) atoms. The second-order valence-corrected chi connectivity index (χ2v) is 17.5. The van der Waals surface area contributed by atoms with Gasteiger partial charge in [-0.25, -0.2) is 15.0 Å². The van der Waals surface area contributed by atoms with E-state index in [0.29, 0.717) is 17.5 Å². The topological polar surface area (TPSA) is 69.9 Å². The summed E-state index contributed by atoms with van der Waals surface area (Å²) >= 11 is 0. The molecular weight excluding hydrogens is 845 g/mol. The molecule has 0 atom stereocenters. The standard InChI is InChI=1S/C63H38N4O2/c1-4-15-39(16-5-1)41-29-33-56-52(35-41)49-31-27-44(38-59(49)69-56)62-64-61(40-17-6-2-7-18-40)65-63(66-62)50-24-14-26-58-60(50)53-37-43(30-34-57(53)68-58)47-22-11-10-21-46(47)42-28-32-55-51(36-42)48-23-12-13-25-54(48)67(55)45-19-8-3-9-20-45/h1-38H. The summed E-state index contributed by atoms with van der Waals surface area (Å²) in [7, 11) is 0. The van der Waals surface area contributed by atoms with Gasteiger partial charge in [-0.05, 0) is 106 Å². The Morgan fingerprint density at radius 3 is 1.61 bits per heavy atom. The van der Waals surface area contributed by atoms with E-state index in [1.165, 1.54) is 21.8 Å². The van der Waals surface area contributed by atoms with Crippen LogP contribution in [0.15, 0.2) is 239 Å². The fourth-order valence-corrected chi connectivity index (χ4v) is 10.2. The number of aromatic nitrogens is 4. The van der Waals surface area contributed by atoms with Crippen molar-refractivity contribution in [1.29, 1.82) is 0 Å². The van der Waals surface area contributed by atoms with Crippen molar-refractivity contribution in [2.75, 3.05) is 0 Å². The molecule has 4 heterocycles. The van der Waals surface area contributed by atoms with E-state index in [1.54, 1.807) is 0 Å². The number of rotatable bonds is 7. The van der Waals surface area contributed by atoms with Crippen LogP contribution in [0.1, 0.15) is 0 Å². The van der Waals surface area contributed by atoms with Crippen LogP contribution in [0.5, 0.6) is 0 Å². The summed E-state index contributed by atoms with van der Waals surface area (Å²) < 4.78 is 15.4. The summed E-state index contributed by atoms with van der Waals surface area (Å²) in [6.45, 7) is 0. The highest BCUT2D eigenvalue weighted by molar-refractivity contribution is 6.14. The molecule has 4 aromatic heterocycles. The third-order valence-electron chi connectivity index (χ3n) is 13.5. The van der Waals surface area contributed by atoms with Gasteiger partial charge in [0.2, 0.25) is 0 Å². The minimum absolute atomic E-state index is 0.550. The van der Waals surface area contributed by atoms with E-state index in [-0.39, 0.29) is 0 Å². The lowest BCUT2D eigenvalue weighted by Gasteiger charge is -2.12. The summed E-state index contributed by atoms with van der Waals surface area (Å²) in [6.07, 6.45) is 0. The molecular formula is C63H38N4O2. The second kappa shape index (κ2) is 15.6. The number of nitrogens with zero attached hydrogens (tertiary/aromatic N) is 4. The first-order chi connectivity index (χ1) is 34.2. The lowest BCUT2D eigenvalue weighted by molar-refractivity contribution is 0.668. The molecule has 14 rings (SSSR count). The molecule has 0 aliphatic rings. The van der Waals surface area contributed by atoms with Gasteiger partial charge in [-0.1, -0.05) is 158 Å². The number of fused-ring (bicyclic) bond motifs is 9. The fraction of sp³-hybridized carbons (Fsp3) is 0. The quantitative estimate of drug-likeness (QED) is 0.159. The molecule has 322 valence electrons. The number of hydrogen-bond donors (Lipinski definition) is 0. The molecule has 0 aliphatic heterocycles. The van der Waals surface area contributed by atoms with Crippen LogP contribution < -0.4 is 0 Å². The first kappa shape index (κ1) is 38.8. The van der Waals surface area contributed by atoms with Crippen molar-refractivity contribution < 1.29 is 8.83 Å². The molecule has 0 bridgehead atoms. The molecule has 6 nitrogen and oxygen atoms in total. The molecule has 10 aromatic carbocycles. The van der Waals surface area contributed by atoms with Crippen molar-refractivity contribution in [1.82, 2.24) is 19.5 Å². The molecule has 14 aromatic rings. The van der Waals surface area contributed by atoms with Crippen LogP contribution in [0, 0.1) is 0 Å². The van der Waals surface area contributed by atoms with Crippen LogP contribution in [-0.2, 0) is 0 Å².